The summed E-state index contributed by atoms with van der Waals surface area (Å²) in [7, 11) is -3.68. The van der Waals surface area contributed by atoms with Gasteiger partial charge in [0, 0.05) is 94.4 Å². The lowest BCUT2D eigenvalue weighted by Gasteiger charge is -2.37. The number of carboxylic acids is 1. The Labute approximate surface area is 432 Å². The molecule has 0 unspecified atom stereocenters. The van der Waals surface area contributed by atoms with E-state index in [-0.39, 0.29) is 35.8 Å². The molecule has 3 fully saturated rings. The van der Waals surface area contributed by atoms with Crippen molar-refractivity contribution < 1.29 is 29.0 Å². The number of benzene rings is 5. The lowest BCUT2D eigenvalue weighted by molar-refractivity contribution is -0.385. The van der Waals surface area contributed by atoms with Gasteiger partial charge in [-0.2, -0.15) is 0 Å². The molecule has 13 nitrogen and oxygen atoms in total. The first-order valence-corrected chi connectivity index (χ1v) is 28.0. The van der Waals surface area contributed by atoms with E-state index in [1.54, 1.807) is 28.6 Å². The number of nitrogens with zero attached hydrogens (tertiary/aromatic N) is 6. The number of nitro groups is 1. The quantitative estimate of drug-likeness (QED) is 0.0366. The summed E-state index contributed by atoms with van der Waals surface area (Å²) in [5, 5.41) is 33.9. The van der Waals surface area contributed by atoms with Crippen molar-refractivity contribution in [1.29, 1.82) is 0 Å². The van der Waals surface area contributed by atoms with Gasteiger partial charge in [0.15, 0.2) is 0 Å². The Balaban J connectivity index is 0.882. The van der Waals surface area contributed by atoms with Crippen LogP contribution < -0.4 is 19.8 Å². The Hall–Kier alpha value is -5.60. The van der Waals surface area contributed by atoms with Crippen LogP contribution in [-0.2, 0) is 15.5 Å². The van der Waals surface area contributed by atoms with E-state index in [1.807, 2.05) is 85.8 Å². The highest BCUT2D eigenvalue weighted by Gasteiger charge is 2.41. The summed E-state index contributed by atoms with van der Waals surface area (Å²) in [4.78, 5) is 33.6. The van der Waals surface area contributed by atoms with E-state index in [2.05, 4.69) is 57.4 Å². The van der Waals surface area contributed by atoms with Crippen LogP contribution >= 0.6 is 30.9 Å². The Kier molecular flexibility index (Phi) is 16.1. The average molecular weight is 1030 g/mol. The number of carbonyl (C=O) groups is 1. The molecule has 0 radical (unpaired) electrons. The number of nitro benzene ring substituents is 1. The molecule has 2 N–H and O–H groups in total. The van der Waals surface area contributed by atoms with Gasteiger partial charge in [-0.1, -0.05) is 60.1 Å². The SMILES string of the molecule is Cc1c(C(=O)O)c(-c2cccc(N3CCN(c4ccc(N5CCO[P@]5(=O)c5ccc(C[C@H](CCN6CCC(CO)CC6)CSc6ccccc6)c([N+](=O)[O-])c5)cc4)CC3)c2)c(-c2ccc(Cl)cc2)n1C(C)C. The van der Waals surface area contributed by atoms with Crippen molar-refractivity contribution in [2.24, 2.45) is 11.8 Å². The first-order valence-electron chi connectivity index (χ1n) is 25.1. The summed E-state index contributed by atoms with van der Waals surface area (Å²) in [5.41, 5.74) is 7.63. The number of hydrogen-bond donors (Lipinski definition) is 2. The highest BCUT2D eigenvalue weighted by atomic mass is 35.5. The molecule has 0 amide bonds. The zero-order valence-corrected chi connectivity index (χ0v) is 43.7. The predicted octanol–water partition coefficient (Wildman–Crippen LogP) is 11.7. The number of carboxylic acid groups (broad SMARTS) is 1. The van der Waals surface area contributed by atoms with E-state index in [0.717, 1.165) is 110 Å². The van der Waals surface area contributed by atoms with Gasteiger partial charge in [-0.05, 0) is 156 Å². The molecule has 16 heteroatoms. The average Bonchev–Trinajstić information content (AvgIpc) is 3.95. The number of hydrogen-bond acceptors (Lipinski definition) is 10. The van der Waals surface area contributed by atoms with Crippen LogP contribution in [0, 0.1) is 28.9 Å². The fourth-order valence-electron chi connectivity index (χ4n) is 10.8. The molecule has 2 atom stereocenters. The van der Waals surface area contributed by atoms with Crippen molar-refractivity contribution in [2.75, 3.05) is 85.8 Å². The predicted molar refractivity (Wildman–Crippen MR) is 292 cm³/mol. The molecule has 0 spiro atoms. The second-order valence-electron chi connectivity index (χ2n) is 19.5. The van der Waals surface area contributed by atoms with Gasteiger partial charge in [0.1, 0.15) is 0 Å². The first kappa shape index (κ1) is 51.3. The minimum absolute atomic E-state index is 0.0184. The minimum atomic E-state index is -3.68. The maximum absolute atomic E-state index is 14.9. The van der Waals surface area contributed by atoms with Gasteiger partial charge >= 0.3 is 13.5 Å². The molecule has 0 bridgehead atoms. The van der Waals surface area contributed by atoms with Crippen molar-refractivity contribution in [3.05, 3.63) is 153 Å². The fourth-order valence-corrected chi connectivity index (χ4v) is 14.2. The van der Waals surface area contributed by atoms with Crippen LogP contribution in [0.1, 0.15) is 60.8 Å². The fraction of sp³-hybridized carbons (Fsp3) is 0.375. The highest BCUT2D eigenvalue weighted by Crippen LogP contribution is 2.56. The van der Waals surface area contributed by atoms with E-state index >= 15 is 0 Å². The van der Waals surface area contributed by atoms with Crippen LogP contribution in [-0.4, -0.2) is 102 Å². The largest absolute Gasteiger partial charge is 0.478 e. The summed E-state index contributed by atoms with van der Waals surface area (Å²) in [6, 6.07) is 39.0. The Morgan fingerprint density at radius 2 is 1.51 bits per heavy atom. The molecule has 9 rings (SSSR count). The summed E-state index contributed by atoms with van der Waals surface area (Å²) in [6.07, 6.45) is 3.37. The van der Waals surface area contributed by atoms with Gasteiger partial charge in [-0.25, -0.2) is 4.79 Å². The second-order valence-corrected chi connectivity index (χ2v) is 23.3. The molecule has 6 aromatic rings. The normalized spacial score (nSPS) is 18.3. The van der Waals surface area contributed by atoms with Gasteiger partial charge < -0.3 is 34.0 Å². The van der Waals surface area contributed by atoms with Gasteiger partial charge in [-0.3, -0.25) is 19.3 Å². The maximum Gasteiger partial charge on any atom is 0.338 e. The second kappa shape index (κ2) is 22.7. The van der Waals surface area contributed by atoms with Crippen LogP contribution in [0.3, 0.4) is 0 Å². The highest BCUT2D eigenvalue weighted by molar-refractivity contribution is 7.99. The number of anilines is 3. The number of thioether (sulfide) groups is 1. The van der Waals surface area contributed by atoms with Crippen molar-refractivity contribution in [1.82, 2.24) is 9.47 Å². The number of aliphatic hydroxyl groups is 1. The number of aromatic nitrogens is 1. The van der Waals surface area contributed by atoms with Crippen molar-refractivity contribution in [2.45, 2.75) is 57.4 Å². The molecular formula is C56H64ClN6O7PS. The summed E-state index contributed by atoms with van der Waals surface area (Å²) in [6.45, 7) is 12.6. The third-order valence-corrected chi connectivity index (χ3v) is 18.7. The molecule has 3 aliphatic rings. The smallest absolute Gasteiger partial charge is 0.338 e. The minimum Gasteiger partial charge on any atom is -0.478 e. The molecule has 4 heterocycles. The number of halogens is 1. The van der Waals surface area contributed by atoms with E-state index in [9.17, 15) is 29.7 Å². The van der Waals surface area contributed by atoms with Crippen molar-refractivity contribution in [3.8, 4) is 22.4 Å². The Morgan fingerprint density at radius 1 is 0.833 bits per heavy atom. The van der Waals surface area contributed by atoms with Gasteiger partial charge in [0.05, 0.1) is 34.6 Å². The number of piperazine rings is 1. The standard InChI is InChI=1S/C56H64ClN6O7PS/c1-39(2)62-40(3)53(56(65)66)54(55(62)43-12-15-46(57)16-13-43)45-8-7-9-49(35-45)60-30-28-59(29-31-60)47-17-19-48(20-18-47)61-32-33-70-71(61,69)50-21-14-44(52(36-50)63(67)68)34-42(38-72-51-10-5-4-6-11-51)24-27-58-25-22-41(37-64)23-26-58/h4-21,35-36,39,41-42,64H,22-34,37-38H2,1-3H3,(H,65,66)/t42-,71+/m0/s1. The van der Waals surface area contributed by atoms with E-state index < -0.39 is 13.5 Å². The zero-order valence-electron chi connectivity index (χ0n) is 41.2. The van der Waals surface area contributed by atoms with E-state index in [4.69, 9.17) is 16.1 Å². The molecule has 0 saturated carbocycles. The number of aliphatic hydroxyl groups excluding tert-OH is 1. The molecule has 0 aliphatic carbocycles. The maximum atomic E-state index is 14.9. The molecule has 1 aromatic heterocycles. The van der Waals surface area contributed by atoms with E-state index in [1.165, 1.54) is 6.07 Å². The van der Waals surface area contributed by atoms with E-state index in [0.29, 0.717) is 51.6 Å². The number of aromatic carboxylic acids is 1. The van der Waals surface area contributed by atoms with Crippen LogP contribution in [0.4, 0.5) is 22.7 Å². The van der Waals surface area contributed by atoms with Gasteiger partial charge in [0.25, 0.3) is 5.69 Å². The number of piperidine rings is 1. The number of likely N-dealkylation sites (tertiary alicyclic amines) is 1. The third-order valence-electron chi connectivity index (χ3n) is 14.6. The zero-order chi connectivity index (χ0) is 50.5. The van der Waals surface area contributed by atoms with Crippen molar-refractivity contribution >= 4 is 64.9 Å². The van der Waals surface area contributed by atoms with Crippen LogP contribution in [0.2, 0.25) is 5.02 Å². The topological polar surface area (TPSA) is 145 Å². The Bertz CT molecular complexity index is 2900. The summed E-state index contributed by atoms with van der Waals surface area (Å²) in [5.74, 6) is 0.370. The number of rotatable bonds is 18. The lowest BCUT2D eigenvalue weighted by Crippen LogP contribution is -2.46. The molecule has 5 aromatic carbocycles. The molecular weight excluding hydrogens is 967 g/mol. The van der Waals surface area contributed by atoms with Crippen LogP contribution in [0.25, 0.3) is 22.4 Å². The van der Waals surface area contributed by atoms with Crippen molar-refractivity contribution in [3.63, 3.8) is 0 Å². The lowest BCUT2D eigenvalue weighted by atomic mass is 9.94. The Morgan fingerprint density at radius 3 is 2.17 bits per heavy atom. The monoisotopic (exact) mass is 1030 g/mol. The molecule has 3 saturated heterocycles. The van der Waals surface area contributed by atoms with Crippen LogP contribution in [0.5, 0.6) is 0 Å². The molecule has 378 valence electrons. The van der Waals surface area contributed by atoms with Gasteiger partial charge in [0.2, 0.25) is 0 Å². The van der Waals surface area contributed by atoms with Gasteiger partial charge in [-0.15, -0.1) is 11.8 Å². The first-order chi connectivity index (χ1) is 34.8. The summed E-state index contributed by atoms with van der Waals surface area (Å²) < 4.78 is 24.8. The molecule has 3 aliphatic heterocycles. The van der Waals surface area contributed by atoms with Crippen LogP contribution in [0.15, 0.2) is 126 Å². The third kappa shape index (κ3) is 11.1. The summed E-state index contributed by atoms with van der Waals surface area (Å²) >= 11 is 8.06. The molecule has 72 heavy (non-hydrogen) atoms.